The zero-order valence-electron chi connectivity index (χ0n) is 11.6. The summed E-state index contributed by atoms with van der Waals surface area (Å²) in [5, 5.41) is 11.8. The lowest BCUT2D eigenvalue weighted by Crippen LogP contribution is -2.09. The van der Waals surface area contributed by atoms with Gasteiger partial charge in [0.15, 0.2) is 0 Å². The van der Waals surface area contributed by atoms with Crippen molar-refractivity contribution in [1.82, 2.24) is 0 Å². The standard InChI is InChI=1S/C16H16BrNO3/c1-12(18-19)13-2-6-15(7-3-13)20-10-11-21-16-8-4-14(17)5-9-16/h2-9,19H,10-11H2,1H3. The van der Waals surface area contributed by atoms with Crippen LogP contribution in [0, 0.1) is 0 Å². The highest BCUT2D eigenvalue weighted by atomic mass is 79.9. The molecule has 2 rings (SSSR count). The second-order valence-electron chi connectivity index (χ2n) is 4.36. The van der Waals surface area contributed by atoms with Gasteiger partial charge in [0.05, 0.1) is 5.71 Å². The normalized spacial score (nSPS) is 11.2. The molecule has 0 saturated carbocycles. The predicted molar refractivity (Wildman–Crippen MR) is 85.6 cm³/mol. The van der Waals surface area contributed by atoms with Gasteiger partial charge in [0, 0.05) is 4.47 Å². The third kappa shape index (κ3) is 4.79. The van der Waals surface area contributed by atoms with Crippen LogP contribution in [0.15, 0.2) is 58.2 Å². The summed E-state index contributed by atoms with van der Waals surface area (Å²) in [6.45, 7) is 2.67. The van der Waals surface area contributed by atoms with Gasteiger partial charge < -0.3 is 14.7 Å². The number of nitrogens with zero attached hydrogens (tertiary/aromatic N) is 1. The second kappa shape index (κ2) is 7.69. The summed E-state index contributed by atoms with van der Waals surface area (Å²) >= 11 is 3.37. The molecule has 2 aromatic carbocycles. The molecule has 21 heavy (non-hydrogen) atoms. The third-order valence-corrected chi connectivity index (χ3v) is 3.39. The summed E-state index contributed by atoms with van der Waals surface area (Å²) in [6, 6.07) is 15.0. The van der Waals surface area contributed by atoms with Crippen molar-refractivity contribution in [2.24, 2.45) is 5.16 Å². The molecule has 0 aromatic heterocycles. The van der Waals surface area contributed by atoms with E-state index in [0.717, 1.165) is 21.5 Å². The fraction of sp³-hybridized carbons (Fsp3) is 0.188. The van der Waals surface area contributed by atoms with E-state index in [1.165, 1.54) is 0 Å². The number of halogens is 1. The van der Waals surface area contributed by atoms with Gasteiger partial charge in [-0.05, 0) is 61.0 Å². The minimum atomic E-state index is 0.461. The fourth-order valence-electron chi connectivity index (χ4n) is 1.70. The molecular weight excluding hydrogens is 334 g/mol. The zero-order valence-corrected chi connectivity index (χ0v) is 13.2. The van der Waals surface area contributed by atoms with Gasteiger partial charge in [-0.15, -0.1) is 0 Å². The smallest absolute Gasteiger partial charge is 0.122 e. The van der Waals surface area contributed by atoms with Gasteiger partial charge in [0.2, 0.25) is 0 Å². The summed E-state index contributed by atoms with van der Waals surface area (Å²) in [6.07, 6.45) is 0. The van der Waals surface area contributed by atoms with Crippen molar-refractivity contribution in [3.8, 4) is 11.5 Å². The number of benzene rings is 2. The Bertz CT molecular complexity index is 594. The van der Waals surface area contributed by atoms with Gasteiger partial charge in [0.25, 0.3) is 0 Å². The van der Waals surface area contributed by atoms with Crippen LogP contribution < -0.4 is 9.47 Å². The molecule has 0 spiro atoms. The van der Waals surface area contributed by atoms with E-state index in [-0.39, 0.29) is 0 Å². The van der Waals surface area contributed by atoms with E-state index in [4.69, 9.17) is 14.7 Å². The van der Waals surface area contributed by atoms with Crippen LogP contribution in [0.25, 0.3) is 0 Å². The lowest BCUT2D eigenvalue weighted by molar-refractivity contribution is 0.217. The predicted octanol–water partition coefficient (Wildman–Crippen LogP) is 4.11. The van der Waals surface area contributed by atoms with Gasteiger partial charge in [-0.3, -0.25) is 0 Å². The van der Waals surface area contributed by atoms with E-state index < -0.39 is 0 Å². The van der Waals surface area contributed by atoms with Crippen molar-refractivity contribution in [1.29, 1.82) is 0 Å². The molecule has 0 amide bonds. The third-order valence-electron chi connectivity index (χ3n) is 2.86. The number of oxime groups is 1. The number of rotatable bonds is 6. The van der Waals surface area contributed by atoms with Gasteiger partial charge in [-0.2, -0.15) is 0 Å². The molecule has 0 bridgehead atoms. The van der Waals surface area contributed by atoms with Gasteiger partial charge in [-0.25, -0.2) is 0 Å². The average Bonchev–Trinajstić information content (AvgIpc) is 2.53. The molecule has 0 aliphatic heterocycles. The quantitative estimate of drug-likeness (QED) is 0.369. The molecule has 5 heteroatoms. The van der Waals surface area contributed by atoms with E-state index in [1.807, 2.05) is 48.5 Å². The minimum absolute atomic E-state index is 0.461. The Kier molecular flexibility index (Phi) is 5.63. The SMILES string of the molecule is CC(=NO)c1ccc(OCCOc2ccc(Br)cc2)cc1. The molecule has 0 atom stereocenters. The van der Waals surface area contributed by atoms with Crippen LogP contribution in [-0.2, 0) is 0 Å². The molecule has 110 valence electrons. The Balaban J connectivity index is 1.77. The summed E-state index contributed by atoms with van der Waals surface area (Å²) in [5.41, 5.74) is 1.43. The molecule has 0 fully saturated rings. The van der Waals surface area contributed by atoms with Crippen molar-refractivity contribution in [2.45, 2.75) is 6.92 Å². The molecule has 0 unspecified atom stereocenters. The maximum absolute atomic E-state index is 8.69. The van der Waals surface area contributed by atoms with Crippen LogP contribution in [0.5, 0.6) is 11.5 Å². The lowest BCUT2D eigenvalue weighted by Gasteiger charge is -2.09. The van der Waals surface area contributed by atoms with Crippen LogP contribution >= 0.6 is 15.9 Å². The molecule has 0 saturated heterocycles. The van der Waals surface area contributed by atoms with Crippen molar-refractivity contribution >= 4 is 21.6 Å². The monoisotopic (exact) mass is 349 g/mol. The maximum Gasteiger partial charge on any atom is 0.122 e. The Morgan fingerprint density at radius 1 is 0.952 bits per heavy atom. The summed E-state index contributed by atoms with van der Waals surface area (Å²) in [4.78, 5) is 0. The molecule has 1 N–H and O–H groups in total. The van der Waals surface area contributed by atoms with Crippen LogP contribution in [0.3, 0.4) is 0 Å². The summed E-state index contributed by atoms with van der Waals surface area (Å²) in [7, 11) is 0. The topological polar surface area (TPSA) is 51.1 Å². The first-order valence-electron chi connectivity index (χ1n) is 6.49. The highest BCUT2D eigenvalue weighted by molar-refractivity contribution is 9.10. The second-order valence-corrected chi connectivity index (χ2v) is 5.28. The van der Waals surface area contributed by atoms with Crippen molar-refractivity contribution in [3.05, 3.63) is 58.6 Å². The molecule has 0 aliphatic carbocycles. The molecule has 0 heterocycles. The van der Waals surface area contributed by atoms with Gasteiger partial charge >= 0.3 is 0 Å². The van der Waals surface area contributed by atoms with E-state index in [0.29, 0.717) is 18.9 Å². The average molecular weight is 350 g/mol. The molecule has 2 aromatic rings. The van der Waals surface area contributed by atoms with Gasteiger partial charge in [0.1, 0.15) is 24.7 Å². The fourth-order valence-corrected chi connectivity index (χ4v) is 1.96. The Hall–Kier alpha value is -2.01. The van der Waals surface area contributed by atoms with Crippen molar-refractivity contribution in [2.75, 3.05) is 13.2 Å². The van der Waals surface area contributed by atoms with E-state index in [9.17, 15) is 0 Å². The van der Waals surface area contributed by atoms with Crippen molar-refractivity contribution < 1.29 is 14.7 Å². The lowest BCUT2D eigenvalue weighted by atomic mass is 10.1. The van der Waals surface area contributed by atoms with E-state index >= 15 is 0 Å². The molecular formula is C16H16BrNO3. The Morgan fingerprint density at radius 3 is 1.90 bits per heavy atom. The molecule has 0 aliphatic rings. The zero-order chi connectivity index (χ0) is 15.1. The van der Waals surface area contributed by atoms with Gasteiger partial charge in [-0.1, -0.05) is 21.1 Å². The first-order valence-corrected chi connectivity index (χ1v) is 7.28. The first-order chi connectivity index (χ1) is 10.2. The van der Waals surface area contributed by atoms with Crippen LogP contribution in [0.4, 0.5) is 0 Å². The van der Waals surface area contributed by atoms with Crippen molar-refractivity contribution in [3.63, 3.8) is 0 Å². The maximum atomic E-state index is 8.69. The van der Waals surface area contributed by atoms with E-state index in [1.54, 1.807) is 6.92 Å². The van der Waals surface area contributed by atoms with Crippen LogP contribution in [0.1, 0.15) is 12.5 Å². The van der Waals surface area contributed by atoms with Crippen LogP contribution in [-0.4, -0.2) is 24.1 Å². The molecule has 0 radical (unpaired) electrons. The number of hydrogen-bond acceptors (Lipinski definition) is 4. The number of ether oxygens (including phenoxy) is 2. The van der Waals surface area contributed by atoms with E-state index in [2.05, 4.69) is 21.1 Å². The highest BCUT2D eigenvalue weighted by Crippen LogP contribution is 2.16. The first kappa shape index (κ1) is 15.4. The Labute approximate surface area is 132 Å². The Morgan fingerprint density at radius 2 is 1.43 bits per heavy atom. The summed E-state index contributed by atoms with van der Waals surface area (Å²) < 4.78 is 12.2. The highest BCUT2D eigenvalue weighted by Gasteiger charge is 1.99. The largest absolute Gasteiger partial charge is 0.490 e. The number of hydrogen-bond donors (Lipinski definition) is 1. The molecule has 4 nitrogen and oxygen atoms in total. The minimum Gasteiger partial charge on any atom is -0.490 e. The van der Waals surface area contributed by atoms with Crippen LogP contribution in [0.2, 0.25) is 0 Å². The summed E-state index contributed by atoms with van der Waals surface area (Å²) in [5.74, 6) is 1.57.